The van der Waals surface area contributed by atoms with Crippen molar-refractivity contribution in [2.24, 2.45) is 0 Å². The lowest BCUT2D eigenvalue weighted by atomic mass is 10.1. The Morgan fingerprint density at radius 3 is 2.70 bits per heavy atom. The fraction of sp³-hybridized carbons (Fsp3) is 0.0455. The maximum absolute atomic E-state index is 12.4. The molecule has 0 spiro atoms. The molecule has 0 unspecified atom stereocenters. The molecule has 30 heavy (non-hydrogen) atoms. The molecule has 1 aromatic heterocycles. The van der Waals surface area contributed by atoms with Crippen molar-refractivity contribution in [1.29, 1.82) is 5.26 Å². The fourth-order valence-corrected chi connectivity index (χ4v) is 3.47. The lowest BCUT2D eigenvalue weighted by Gasteiger charge is -2.06. The van der Waals surface area contributed by atoms with Gasteiger partial charge in [-0.15, -0.1) is 0 Å². The lowest BCUT2D eigenvalue weighted by Crippen LogP contribution is -2.13. The average molecular weight is 416 g/mol. The molecule has 0 aliphatic heterocycles. The molecule has 148 valence electrons. The second kappa shape index (κ2) is 9.49. The quantitative estimate of drug-likeness (QED) is 0.262. The van der Waals surface area contributed by atoms with E-state index in [2.05, 4.69) is 10.3 Å². The number of benzene rings is 2. The number of hydrogen-bond donors (Lipinski definition) is 1. The molecular formula is C22H16N4O3S. The highest BCUT2D eigenvalue weighted by atomic mass is 32.2. The highest BCUT2D eigenvalue weighted by Gasteiger charge is 2.17. The predicted octanol–water partition coefficient (Wildman–Crippen LogP) is 5.00. The number of aryl methyl sites for hydroxylation is 1. The molecule has 0 saturated heterocycles. The maximum Gasteiger partial charge on any atom is 0.283 e. The number of nitro benzene ring substituents is 1. The topological polar surface area (TPSA) is 109 Å². The Morgan fingerprint density at radius 1 is 1.20 bits per heavy atom. The van der Waals surface area contributed by atoms with E-state index in [0.29, 0.717) is 21.2 Å². The van der Waals surface area contributed by atoms with Gasteiger partial charge in [-0.1, -0.05) is 36.0 Å². The van der Waals surface area contributed by atoms with Crippen molar-refractivity contribution in [1.82, 2.24) is 4.98 Å². The number of nitriles is 1. The maximum atomic E-state index is 12.4. The minimum atomic E-state index is -0.585. The SMILES string of the molecule is Cc1cccc(NC(=O)/C(C#N)=C/c2ccc(Sc3ccccn3)c([N+](=O)[O-])c2)c1. The van der Waals surface area contributed by atoms with E-state index in [-0.39, 0.29) is 11.3 Å². The van der Waals surface area contributed by atoms with Crippen molar-refractivity contribution in [2.45, 2.75) is 16.8 Å². The summed E-state index contributed by atoms with van der Waals surface area (Å²) < 4.78 is 0. The molecule has 1 N–H and O–H groups in total. The number of nitrogens with one attached hydrogen (secondary N) is 1. The third kappa shape index (κ3) is 5.31. The molecule has 7 nitrogen and oxygen atoms in total. The number of carbonyl (C=O) groups excluding carboxylic acids is 1. The largest absolute Gasteiger partial charge is 0.321 e. The zero-order valence-electron chi connectivity index (χ0n) is 15.9. The Balaban J connectivity index is 1.87. The van der Waals surface area contributed by atoms with Crippen LogP contribution in [0.2, 0.25) is 0 Å². The summed E-state index contributed by atoms with van der Waals surface area (Å²) in [7, 11) is 0. The standard InChI is InChI=1S/C22H16N4O3S/c1-15-5-4-6-18(11-15)25-22(27)17(14-23)12-16-8-9-20(19(13-16)26(28)29)30-21-7-2-3-10-24-21/h2-13H,1H3,(H,25,27)/b17-12+. The van der Waals surface area contributed by atoms with Gasteiger partial charge in [0.2, 0.25) is 0 Å². The van der Waals surface area contributed by atoms with Crippen molar-refractivity contribution in [3.8, 4) is 6.07 Å². The Labute approximate surface area is 177 Å². The van der Waals surface area contributed by atoms with Crippen LogP contribution in [0.15, 0.2) is 82.4 Å². The van der Waals surface area contributed by atoms with Crippen LogP contribution < -0.4 is 5.32 Å². The molecule has 0 aliphatic rings. The predicted molar refractivity (Wildman–Crippen MR) is 115 cm³/mol. The molecule has 0 radical (unpaired) electrons. The number of carbonyl (C=O) groups is 1. The first kappa shape index (κ1) is 20.8. The number of pyridine rings is 1. The van der Waals surface area contributed by atoms with Gasteiger partial charge in [-0.2, -0.15) is 5.26 Å². The van der Waals surface area contributed by atoms with Crippen LogP contribution >= 0.6 is 11.8 Å². The first-order chi connectivity index (χ1) is 14.5. The minimum Gasteiger partial charge on any atom is -0.321 e. The van der Waals surface area contributed by atoms with Gasteiger partial charge in [-0.05, 0) is 54.5 Å². The fourth-order valence-electron chi connectivity index (χ4n) is 2.61. The van der Waals surface area contributed by atoms with Gasteiger partial charge >= 0.3 is 0 Å². The Bertz CT molecular complexity index is 1170. The number of rotatable bonds is 6. The summed E-state index contributed by atoms with van der Waals surface area (Å²) in [6, 6.07) is 18.9. The molecule has 1 amide bonds. The lowest BCUT2D eigenvalue weighted by molar-refractivity contribution is -0.387. The van der Waals surface area contributed by atoms with Crippen molar-refractivity contribution in [3.63, 3.8) is 0 Å². The summed E-state index contributed by atoms with van der Waals surface area (Å²) in [4.78, 5) is 28.0. The van der Waals surface area contributed by atoms with Gasteiger partial charge < -0.3 is 5.32 Å². The van der Waals surface area contributed by atoms with E-state index >= 15 is 0 Å². The van der Waals surface area contributed by atoms with Gasteiger partial charge in [-0.25, -0.2) is 4.98 Å². The first-order valence-corrected chi connectivity index (χ1v) is 9.65. The van der Waals surface area contributed by atoms with Crippen LogP contribution in [0.3, 0.4) is 0 Å². The monoisotopic (exact) mass is 416 g/mol. The van der Waals surface area contributed by atoms with Gasteiger partial charge in [0.25, 0.3) is 11.6 Å². The van der Waals surface area contributed by atoms with E-state index in [9.17, 15) is 20.2 Å². The van der Waals surface area contributed by atoms with Gasteiger partial charge in [0.1, 0.15) is 16.7 Å². The third-order valence-corrected chi connectivity index (χ3v) is 5.00. The Morgan fingerprint density at radius 2 is 2.03 bits per heavy atom. The molecule has 8 heteroatoms. The summed E-state index contributed by atoms with van der Waals surface area (Å²) in [5.74, 6) is -0.585. The Kier molecular flexibility index (Phi) is 6.57. The highest BCUT2D eigenvalue weighted by Crippen LogP contribution is 2.34. The van der Waals surface area contributed by atoms with Gasteiger partial charge in [0, 0.05) is 18.0 Å². The molecule has 0 aliphatic carbocycles. The normalized spacial score (nSPS) is 10.9. The molecule has 2 aromatic carbocycles. The van der Waals surface area contributed by atoms with Crippen LogP contribution in [0.1, 0.15) is 11.1 Å². The summed E-state index contributed by atoms with van der Waals surface area (Å²) in [6.07, 6.45) is 2.94. The molecule has 0 bridgehead atoms. The molecular weight excluding hydrogens is 400 g/mol. The van der Waals surface area contributed by atoms with Gasteiger partial charge in [-0.3, -0.25) is 14.9 Å². The second-order valence-electron chi connectivity index (χ2n) is 6.25. The zero-order chi connectivity index (χ0) is 21.5. The van der Waals surface area contributed by atoms with Crippen LogP contribution in [0.5, 0.6) is 0 Å². The van der Waals surface area contributed by atoms with E-state index in [4.69, 9.17) is 0 Å². The van der Waals surface area contributed by atoms with E-state index in [0.717, 1.165) is 5.56 Å². The van der Waals surface area contributed by atoms with Crippen molar-refractivity contribution in [2.75, 3.05) is 5.32 Å². The molecule has 0 saturated carbocycles. The second-order valence-corrected chi connectivity index (χ2v) is 7.31. The number of nitro groups is 1. The summed E-state index contributed by atoms with van der Waals surface area (Å²) in [5.41, 5.74) is 1.62. The van der Waals surface area contributed by atoms with Gasteiger partial charge in [0.15, 0.2) is 0 Å². The summed E-state index contributed by atoms with van der Waals surface area (Å²) >= 11 is 1.17. The smallest absolute Gasteiger partial charge is 0.283 e. The summed E-state index contributed by atoms with van der Waals surface area (Å²) in [6.45, 7) is 1.89. The van der Waals surface area contributed by atoms with Crippen LogP contribution in [0.4, 0.5) is 11.4 Å². The third-order valence-electron chi connectivity index (χ3n) is 3.98. The molecule has 0 atom stereocenters. The first-order valence-electron chi connectivity index (χ1n) is 8.83. The van der Waals surface area contributed by atoms with E-state index < -0.39 is 10.8 Å². The number of hydrogen-bond acceptors (Lipinski definition) is 6. The van der Waals surface area contributed by atoms with E-state index in [1.54, 1.807) is 54.7 Å². The highest BCUT2D eigenvalue weighted by molar-refractivity contribution is 7.99. The Hall–Kier alpha value is -3.96. The number of nitrogens with zero attached hydrogens (tertiary/aromatic N) is 3. The zero-order valence-corrected chi connectivity index (χ0v) is 16.7. The van der Waals surface area contributed by atoms with Crippen LogP contribution in [-0.4, -0.2) is 15.8 Å². The molecule has 1 heterocycles. The molecule has 3 rings (SSSR count). The number of amides is 1. The molecule has 0 fully saturated rings. The minimum absolute atomic E-state index is 0.129. The van der Waals surface area contributed by atoms with Crippen LogP contribution in [0.25, 0.3) is 6.08 Å². The average Bonchev–Trinajstić information content (AvgIpc) is 2.73. The van der Waals surface area contributed by atoms with Crippen molar-refractivity contribution >= 4 is 35.1 Å². The van der Waals surface area contributed by atoms with Gasteiger partial charge in [0.05, 0.1) is 9.82 Å². The van der Waals surface area contributed by atoms with E-state index in [1.165, 1.54) is 23.9 Å². The van der Waals surface area contributed by atoms with Crippen LogP contribution in [-0.2, 0) is 4.79 Å². The van der Waals surface area contributed by atoms with E-state index in [1.807, 2.05) is 19.1 Å². The molecule has 3 aromatic rings. The summed E-state index contributed by atoms with van der Waals surface area (Å²) in [5, 5.41) is 24.2. The van der Waals surface area contributed by atoms with Crippen LogP contribution in [0, 0.1) is 28.4 Å². The van der Waals surface area contributed by atoms with Crippen molar-refractivity contribution < 1.29 is 9.72 Å². The number of aromatic nitrogens is 1. The number of anilines is 1. The van der Waals surface area contributed by atoms with Crippen molar-refractivity contribution in [3.05, 3.63) is 93.7 Å².